The lowest BCUT2D eigenvalue weighted by Gasteiger charge is -2.26. The lowest BCUT2D eigenvalue weighted by molar-refractivity contribution is -0.132. The summed E-state index contributed by atoms with van der Waals surface area (Å²) in [7, 11) is -3.76. The van der Waals surface area contributed by atoms with Crippen molar-refractivity contribution in [2.45, 2.75) is 44.0 Å². The van der Waals surface area contributed by atoms with Crippen molar-refractivity contribution in [3.05, 3.63) is 59.8 Å². The summed E-state index contributed by atoms with van der Waals surface area (Å²) in [6.07, 6.45) is 1.58. The third kappa shape index (κ3) is 5.31. The minimum atomic E-state index is -3.76. The van der Waals surface area contributed by atoms with Crippen LogP contribution in [-0.2, 0) is 21.2 Å². The highest BCUT2D eigenvalue weighted by Crippen LogP contribution is 2.31. The van der Waals surface area contributed by atoms with Crippen molar-refractivity contribution in [1.29, 1.82) is 0 Å². The Morgan fingerprint density at radius 3 is 2.13 bits per heavy atom. The SMILES string of the molecule is CC(C)CN(CC(C)C)C(=O)Cn1cc(S(=O)(=O)c2ccc(Cl)cc2)c2ccccc21. The van der Waals surface area contributed by atoms with E-state index in [2.05, 4.69) is 27.7 Å². The van der Waals surface area contributed by atoms with Gasteiger partial charge in [-0.15, -0.1) is 0 Å². The number of sulfone groups is 1. The summed E-state index contributed by atoms with van der Waals surface area (Å²) >= 11 is 5.92. The Kier molecular flexibility index (Phi) is 7.12. The summed E-state index contributed by atoms with van der Waals surface area (Å²) < 4.78 is 28.4. The van der Waals surface area contributed by atoms with Crippen LogP contribution < -0.4 is 0 Å². The van der Waals surface area contributed by atoms with Crippen molar-refractivity contribution in [2.24, 2.45) is 11.8 Å². The highest BCUT2D eigenvalue weighted by atomic mass is 35.5. The van der Waals surface area contributed by atoms with E-state index in [1.54, 1.807) is 35.0 Å². The molecule has 0 spiro atoms. The number of carbonyl (C=O) groups is 1. The highest BCUT2D eigenvalue weighted by molar-refractivity contribution is 7.91. The molecule has 0 fully saturated rings. The first kappa shape index (κ1) is 23.4. The number of amides is 1. The molecule has 0 aliphatic heterocycles. The molecule has 3 aromatic rings. The predicted octanol–water partition coefficient (Wildman–Crippen LogP) is 5.27. The normalized spacial score (nSPS) is 12.1. The number of carbonyl (C=O) groups excluding carboxylic acids is 1. The summed E-state index contributed by atoms with van der Waals surface area (Å²) in [4.78, 5) is 15.4. The van der Waals surface area contributed by atoms with Crippen molar-refractivity contribution >= 4 is 38.2 Å². The van der Waals surface area contributed by atoms with Gasteiger partial charge in [0, 0.05) is 35.2 Å². The van der Waals surface area contributed by atoms with E-state index in [9.17, 15) is 13.2 Å². The van der Waals surface area contributed by atoms with Crippen molar-refractivity contribution in [3.63, 3.8) is 0 Å². The largest absolute Gasteiger partial charge is 0.341 e. The van der Waals surface area contributed by atoms with Crippen molar-refractivity contribution < 1.29 is 13.2 Å². The summed E-state index contributed by atoms with van der Waals surface area (Å²) in [6, 6.07) is 13.4. The molecule has 0 aliphatic rings. The maximum atomic E-state index is 13.3. The Morgan fingerprint density at radius 1 is 0.968 bits per heavy atom. The summed E-state index contributed by atoms with van der Waals surface area (Å²) in [5.74, 6) is 0.688. The molecule has 5 nitrogen and oxygen atoms in total. The van der Waals surface area contributed by atoms with Gasteiger partial charge in [-0.3, -0.25) is 4.79 Å². The van der Waals surface area contributed by atoms with Gasteiger partial charge in [-0.2, -0.15) is 0 Å². The van der Waals surface area contributed by atoms with Crippen LogP contribution >= 0.6 is 11.6 Å². The number of para-hydroxylation sites is 1. The fourth-order valence-electron chi connectivity index (χ4n) is 3.70. The molecule has 0 saturated carbocycles. The van der Waals surface area contributed by atoms with Crippen LogP contribution in [0.5, 0.6) is 0 Å². The van der Waals surface area contributed by atoms with E-state index >= 15 is 0 Å². The fourth-order valence-corrected chi connectivity index (χ4v) is 5.31. The molecule has 3 rings (SSSR count). The molecule has 0 bridgehead atoms. The molecule has 0 atom stereocenters. The number of rotatable bonds is 8. The monoisotopic (exact) mass is 460 g/mol. The average Bonchev–Trinajstić information content (AvgIpc) is 3.06. The molecular formula is C24H29ClN2O3S. The molecular weight excluding hydrogens is 432 g/mol. The molecule has 0 aliphatic carbocycles. The van der Waals surface area contributed by atoms with E-state index in [0.717, 1.165) is 5.52 Å². The summed E-state index contributed by atoms with van der Waals surface area (Å²) in [5, 5.41) is 1.08. The lowest BCUT2D eigenvalue weighted by atomic mass is 10.1. The second-order valence-electron chi connectivity index (χ2n) is 8.68. The summed E-state index contributed by atoms with van der Waals surface area (Å²) in [5.41, 5.74) is 0.720. The Bertz CT molecular complexity index is 1160. The molecule has 0 saturated heterocycles. The first-order valence-electron chi connectivity index (χ1n) is 10.5. The van der Waals surface area contributed by atoms with Crippen molar-refractivity contribution in [1.82, 2.24) is 9.47 Å². The van der Waals surface area contributed by atoms with Crippen LogP contribution in [0.1, 0.15) is 27.7 Å². The number of benzene rings is 2. The molecule has 0 radical (unpaired) electrons. The first-order chi connectivity index (χ1) is 14.6. The maximum Gasteiger partial charge on any atom is 0.242 e. The Balaban J connectivity index is 2.01. The molecule has 2 aromatic carbocycles. The average molecular weight is 461 g/mol. The van der Waals surface area contributed by atoms with E-state index in [0.29, 0.717) is 35.3 Å². The molecule has 31 heavy (non-hydrogen) atoms. The molecule has 1 amide bonds. The number of fused-ring (bicyclic) bond motifs is 1. The van der Waals surface area contributed by atoms with Gasteiger partial charge in [0.1, 0.15) is 6.54 Å². The predicted molar refractivity (Wildman–Crippen MR) is 125 cm³/mol. The van der Waals surface area contributed by atoms with Gasteiger partial charge in [0.05, 0.1) is 9.79 Å². The van der Waals surface area contributed by atoms with Crippen LogP contribution in [0.2, 0.25) is 5.02 Å². The van der Waals surface area contributed by atoms with E-state index in [1.807, 2.05) is 17.0 Å². The number of halogens is 1. The third-order valence-electron chi connectivity index (χ3n) is 4.99. The van der Waals surface area contributed by atoms with Gasteiger partial charge in [-0.05, 0) is 42.2 Å². The maximum absolute atomic E-state index is 13.3. The topological polar surface area (TPSA) is 59.4 Å². The quantitative estimate of drug-likeness (QED) is 0.460. The van der Waals surface area contributed by atoms with E-state index in [4.69, 9.17) is 11.6 Å². The Morgan fingerprint density at radius 2 is 1.55 bits per heavy atom. The summed E-state index contributed by atoms with van der Waals surface area (Å²) in [6.45, 7) is 9.78. The molecule has 0 N–H and O–H groups in total. The number of hydrogen-bond acceptors (Lipinski definition) is 3. The smallest absolute Gasteiger partial charge is 0.242 e. The van der Waals surface area contributed by atoms with Gasteiger partial charge in [0.2, 0.25) is 15.7 Å². The standard InChI is InChI=1S/C24H29ClN2O3S/c1-17(2)13-27(14-18(3)4)24(28)16-26-15-23(21-7-5-6-8-22(21)26)31(29,30)20-11-9-19(25)10-12-20/h5-12,15,17-18H,13-14,16H2,1-4H3. The Labute approximate surface area is 189 Å². The van der Waals surface area contributed by atoms with Gasteiger partial charge in [0.25, 0.3) is 0 Å². The zero-order valence-electron chi connectivity index (χ0n) is 18.4. The van der Waals surface area contributed by atoms with Crippen LogP contribution in [0, 0.1) is 11.8 Å². The van der Waals surface area contributed by atoms with Gasteiger partial charge < -0.3 is 9.47 Å². The molecule has 0 unspecified atom stereocenters. The minimum absolute atomic E-state index is 0.0152. The van der Waals surface area contributed by atoms with E-state index in [-0.39, 0.29) is 22.2 Å². The van der Waals surface area contributed by atoms with E-state index in [1.165, 1.54) is 12.1 Å². The van der Waals surface area contributed by atoms with Crippen LogP contribution in [-0.4, -0.2) is 36.9 Å². The Hall–Kier alpha value is -2.31. The van der Waals surface area contributed by atoms with Crippen LogP contribution in [0.15, 0.2) is 64.5 Å². The number of hydrogen-bond donors (Lipinski definition) is 0. The van der Waals surface area contributed by atoms with Crippen molar-refractivity contribution in [3.8, 4) is 0 Å². The van der Waals surface area contributed by atoms with Crippen LogP contribution in [0.4, 0.5) is 0 Å². The second-order valence-corrected chi connectivity index (χ2v) is 11.0. The molecule has 166 valence electrons. The van der Waals surface area contributed by atoms with Crippen LogP contribution in [0.3, 0.4) is 0 Å². The number of nitrogens with zero attached hydrogens (tertiary/aromatic N) is 2. The molecule has 7 heteroatoms. The van der Waals surface area contributed by atoms with Gasteiger partial charge in [0.15, 0.2) is 0 Å². The highest BCUT2D eigenvalue weighted by Gasteiger charge is 2.25. The third-order valence-corrected chi connectivity index (χ3v) is 7.04. The van der Waals surface area contributed by atoms with E-state index < -0.39 is 9.84 Å². The van der Waals surface area contributed by atoms with Crippen molar-refractivity contribution in [2.75, 3.05) is 13.1 Å². The van der Waals surface area contributed by atoms with Crippen LogP contribution in [0.25, 0.3) is 10.9 Å². The number of aromatic nitrogens is 1. The zero-order chi connectivity index (χ0) is 22.8. The van der Waals surface area contributed by atoms with Gasteiger partial charge in [-0.25, -0.2) is 8.42 Å². The zero-order valence-corrected chi connectivity index (χ0v) is 19.9. The first-order valence-corrected chi connectivity index (χ1v) is 12.3. The minimum Gasteiger partial charge on any atom is -0.341 e. The second kappa shape index (κ2) is 9.45. The van der Waals surface area contributed by atoms with Gasteiger partial charge in [-0.1, -0.05) is 57.5 Å². The lowest BCUT2D eigenvalue weighted by Crippen LogP contribution is -2.38. The fraction of sp³-hybridized carbons (Fsp3) is 0.375. The molecule has 1 aromatic heterocycles. The molecule has 1 heterocycles. The van der Waals surface area contributed by atoms with Gasteiger partial charge >= 0.3 is 0 Å².